The van der Waals surface area contributed by atoms with Gasteiger partial charge in [-0.05, 0) is 25.8 Å². The van der Waals surface area contributed by atoms with Crippen molar-refractivity contribution in [3.8, 4) is 0 Å². The van der Waals surface area contributed by atoms with Crippen molar-refractivity contribution in [1.82, 2.24) is 24.4 Å². The zero-order chi connectivity index (χ0) is 16.6. The van der Waals surface area contributed by atoms with Gasteiger partial charge in [-0.1, -0.05) is 0 Å². The van der Waals surface area contributed by atoms with Gasteiger partial charge in [-0.15, -0.1) is 0 Å². The van der Waals surface area contributed by atoms with Gasteiger partial charge in [0.05, 0.1) is 18.6 Å². The maximum Gasteiger partial charge on any atom is 0.256 e. The number of nitrogen functional groups attached to an aromatic ring is 1. The molecule has 23 heavy (non-hydrogen) atoms. The number of carbonyl (C=O) groups excluding carboxylic acids is 1. The van der Waals surface area contributed by atoms with Crippen molar-refractivity contribution in [2.75, 3.05) is 12.3 Å². The molecule has 0 unspecified atom stereocenters. The van der Waals surface area contributed by atoms with Gasteiger partial charge < -0.3 is 10.6 Å². The predicted molar refractivity (Wildman–Crippen MR) is 83.5 cm³/mol. The molecule has 8 heteroatoms. The Labute approximate surface area is 133 Å². The Kier molecular flexibility index (Phi) is 3.81. The molecule has 2 aromatic rings. The van der Waals surface area contributed by atoms with Gasteiger partial charge in [0, 0.05) is 24.0 Å². The zero-order valence-corrected chi connectivity index (χ0v) is 13.1. The highest BCUT2D eigenvalue weighted by Gasteiger charge is 2.22. The molecule has 0 atom stereocenters. The average molecular weight is 314 g/mol. The number of carbonyl (C=O) groups is 1. The van der Waals surface area contributed by atoms with Crippen LogP contribution < -0.4 is 11.3 Å². The molecular formula is C15H18N6O2. The van der Waals surface area contributed by atoms with E-state index >= 15 is 0 Å². The number of fused-ring (bicyclic) bond motifs is 1. The number of hydrogen-bond donors (Lipinski definition) is 1. The van der Waals surface area contributed by atoms with Gasteiger partial charge in [-0.2, -0.15) is 0 Å². The van der Waals surface area contributed by atoms with Crippen molar-refractivity contribution in [3.05, 3.63) is 45.4 Å². The molecule has 1 amide bonds. The number of rotatable bonds is 2. The highest BCUT2D eigenvalue weighted by atomic mass is 16.2. The number of hydrogen-bond acceptors (Lipinski definition) is 6. The molecule has 0 radical (unpaired) electrons. The summed E-state index contributed by atoms with van der Waals surface area (Å²) in [6, 6.07) is 0. The Hall–Kier alpha value is -2.77. The van der Waals surface area contributed by atoms with Crippen molar-refractivity contribution in [2.24, 2.45) is 0 Å². The van der Waals surface area contributed by atoms with E-state index in [1.807, 2.05) is 0 Å². The molecular weight excluding hydrogens is 296 g/mol. The number of aromatic nitrogens is 4. The van der Waals surface area contributed by atoms with Crippen molar-refractivity contribution < 1.29 is 4.79 Å². The van der Waals surface area contributed by atoms with Gasteiger partial charge in [-0.3, -0.25) is 14.2 Å². The highest BCUT2D eigenvalue weighted by molar-refractivity contribution is 5.76. The minimum atomic E-state index is -0.185. The van der Waals surface area contributed by atoms with Crippen molar-refractivity contribution in [1.29, 1.82) is 0 Å². The van der Waals surface area contributed by atoms with Crippen LogP contribution in [0.5, 0.6) is 0 Å². The Morgan fingerprint density at radius 1 is 1.35 bits per heavy atom. The Balaban J connectivity index is 1.78. The quantitative estimate of drug-likeness (QED) is 0.824. The third kappa shape index (κ3) is 2.92. The first kappa shape index (κ1) is 15.1. The molecule has 0 saturated carbocycles. The lowest BCUT2D eigenvalue weighted by atomic mass is 10.1. The van der Waals surface area contributed by atoms with E-state index in [4.69, 9.17) is 5.73 Å². The van der Waals surface area contributed by atoms with E-state index in [0.29, 0.717) is 30.8 Å². The second-order valence-corrected chi connectivity index (χ2v) is 5.65. The van der Waals surface area contributed by atoms with E-state index in [1.165, 1.54) is 10.9 Å². The molecule has 0 saturated heterocycles. The minimum Gasteiger partial charge on any atom is -0.368 e. The van der Waals surface area contributed by atoms with E-state index in [1.54, 1.807) is 24.9 Å². The Morgan fingerprint density at radius 3 is 2.91 bits per heavy atom. The largest absolute Gasteiger partial charge is 0.368 e. The predicted octanol–water partition coefficient (Wildman–Crippen LogP) is -0.183. The molecule has 0 aliphatic carbocycles. The number of aryl methyl sites for hydroxylation is 1. The van der Waals surface area contributed by atoms with Gasteiger partial charge in [0.25, 0.3) is 5.56 Å². The van der Waals surface area contributed by atoms with Crippen LogP contribution in [0.2, 0.25) is 0 Å². The molecule has 8 nitrogen and oxygen atoms in total. The molecule has 1 aliphatic heterocycles. The highest BCUT2D eigenvalue weighted by Crippen LogP contribution is 2.17. The summed E-state index contributed by atoms with van der Waals surface area (Å²) in [6.07, 6.45) is 3.80. The second kappa shape index (κ2) is 5.79. The molecule has 3 heterocycles. The van der Waals surface area contributed by atoms with E-state index in [-0.39, 0.29) is 24.0 Å². The van der Waals surface area contributed by atoms with Crippen LogP contribution >= 0.6 is 0 Å². The first-order chi connectivity index (χ1) is 11.0. The Morgan fingerprint density at radius 2 is 2.13 bits per heavy atom. The van der Waals surface area contributed by atoms with Crippen LogP contribution in [0.1, 0.15) is 22.5 Å². The summed E-state index contributed by atoms with van der Waals surface area (Å²) in [5.41, 5.74) is 8.43. The van der Waals surface area contributed by atoms with Crippen molar-refractivity contribution in [2.45, 2.75) is 33.4 Å². The van der Waals surface area contributed by atoms with Crippen LogP contribution in [0.3, 0.4) is 0 Å². The van der Waals surface area contributed by atoms with Gasteiger partial charge in [0.1, 0.15) is 6.54 Å². The van der Waals surface area contributed by atoms with Crippen molar-refractivity contribution >= 4 is 11.9 Å². The van der Waals surface area contributed by atoms with Crippen LogP contribution in [0, 0.1) is 13.8 Å². The lowest BCUT2D eigenvalue weighted by molar-refractivity contribution is -0.132. The number of nitrogens with zero attached hydrogens (tertiary/aromatic N) is 5. The summed E-state index contributed by atoms with van der Waals surface area (Å²) in [7, 11) is 0. The van der Waals surface area contributed by atoms with Crippen LogP contribution in [0.15, 0.2) is 17.3 Å². The van der Waals surface area contributed by atoms with Crippen LogP contribution in [0.4, 0.5) is 5.95 Å². The fourth-order valence-corrected chi connectivity index (χ4v) is 2.57. The number of anilines is 1. The number of nitrogens with two attached hydrogens (primary N) is 1. The van der Waals surface area contributed by atoms with Gasteiger partial charge in [0.15, 0.2) is 0 Å². The lowest BCUT2D eigenvalue weighted by Crippen LogP contribution is -2.40. The fraction of sp³-hybridized carbons (Fsp3) is 0.400. The van der Waals surface area contributed by atoms with E-state index < -0.39 is 0 Å². The summed E-state index contributed by atoms with van der Waals surface area (Å²) in [6.45, 7) is 4.42. The molecule has 120 valence electrons. The summed E-state index contributed by atoms with van der Waals surface area (Å²) in [4.78, 5) is 38.6. The van der Waals surface area contributed by atoms with Gasteiger partial charge in [0.2, 0.25) is 11.9 Å². The minimum absolute atomic E-state index is 0.0249. The third-order valence-electron chi connectivity index (χ3n) is 4.14. The van der Waals surface area contributed by atoms with Gasteiger partial charge >= 0.3 is 0 Å². The van der Waals surface area contributed by atoms with Gasteiger partial charge in [-0.25, -0.2) is 15.0 Å². The first-order valence-corrected chi connectivity index (χ1v) is 7.36. The smallest absolute Gasteiger partial charge is 0.256 e. The fourth-order valence-electron chi connectivity index (χ4n) is 2.57. The topological polar surface area (TPSA) is 107 Å². The zero-order valence-electron chi connectivity index (χ0n) is 13.1. The monoisotopic (exact) mass is 314 g/mol. The summed E-state index contributed by atoms with van der Waals surface area (Å²) in [5, 5.41) is 0. The molecule has 0 spiro atoms. The summed E-state index contributed by atoms with van der Waals surface area (Å²) >= 11 is 0. The van der Waals surface area contributed by atoms with E-state index in [0.717, 1.165) is 11.3 Å². The average Bonchev–Trinajstić information content (AvgIpc) is 2.54. The SMILES string of the molecule is Cc1ncn(CC(=O)N2CCc3cnc(N)nc3C2)c(=O)c1C. The van der Waals surface area contributed by atoms with Crippen LogP contribution in [-0.2, 0) is 24.3 Å². The normalized spacial score (nSPS) is 13.7. The molecule has 1 aliphatic rings. The molecule has 2 N–H and O–H groups in total. The lowest BCUT2D eigenvalue weighted by Gasteiger charge is -2.28. The van der Waals surface area contributed by atoms with E-state index in [2.05, 4.69) is 15.0 Å². The standard InChI is InChI=1S/C15H18N6O2/c1-9-10(2)18-8-21(14(9)23)7-13(22)20-4-3-11-5-17-15(16)19-12(11)6-20/h5,8H,3-4,6-7H2,1-2H3,(H2,16,17,19). The Bertz CT molecular complexity index is 829. The first-order valence-electron chi connectivity index (χ1n) is 7.36. The second-order valence-electron chi connectivity index (χ2n) is 5.65. The molecule has 0 fully saturated rings. The third-order valence-corrected chi connectivity index (χ3v) is 4.14. The maximum atomic E-state index is 12.5. The van der Waals surface area contributed by atoms with Crippen molar-refractivity contribution in [3.63, 3.8) is 0 Å². The summed E-state index contributed by atoms with van der Waals surface area (Å²) in [5.74, 6) is 0.0626. The van der Waals surface area contributed by atoms with Crippen LogP contribution in [0.25, 0.3) is 0 Å². The maximum absolute atomic E-state index is 12.5. The molecule has 3 rings (SSSR count). The van der Waals surface area contributed by atoms with Crippen LogP contribution in [-0.4, -0.2) is 36.9 Å². The number of amides is 1. The van der Waals surface area contributed by atoms with E-state index in [9.17, 15) is 9.59 Å². The summed E-state index contributed by atoms with van der Waals surface area (Å²) < 4.78 is 1.34. The molecule has 0 bridgehead atoms. The molecule has 2 aromatic heterocycles. The molecule has 0 aromatic carbocycles.